The van der Waals surface area contributed by atoms with Gasteiger partial charge in [-0.1, -0.05) is 66.7 Å². The van der Waals surface area contributed by atoms with Crippen LogP contribution >= 0.6 is 0 Å². The molecule has 10 nitrogen and oxygen atoms in total. The lowest BCUT2D eigenvalue weighted by Crippen LogP contribution is -2.49. The van der Waals surface area contributed by atoms with Gasteiger partial charge in [0.15, 0.2) is 0 Å². The third-order valence-corrected chi connectivity index (χ3v) is 7.43. The Labute approximate surface area is 243 Å². The number of primary sulfonamides is 1. The number of ether oxygens (including phenoxy) is 1. The molecule has 0 unspecified atom stereocenters. The van der Waals surface area contributed by atoms with E-state index in [0.717, 1.165) is 5.56 Å². The average molecular weight is 587 g/mol. The molecule has 0 atom stereocenters. The molecule has 0 saturated carbocycles. The zero-order valence-electron chi connectivity index (χ0n) is 22.9. The van der Waals surface area contributed by atoms with E-state index in [9.17, 15) is 23.1 Å². The van der Waals surface area contributed by atoms with Gasteiger partial charge in [-0.3, -0.25) is 15.6 Å². The molecule has 4 aromatic carbocycles. The quantitative estimate of drug-likeness (QED) is 0.155. The van der Waals surface area contributed by atoms with Crippen LogP contribution in [0.3, 0.4) is 0 Å². The Bertz CT molecular complexity index is 1720. The van der Waals surface area contributed by atoms with Gasteiger partial charge in [-0.25, -0.2) is 23.1 Å². The number of para-hydroxylation sites is 1. The van der Waals surface area contributed by atoms with Crippen LogP contribution in [0.4, 0.5) is 15.3 Å². The van der Waals surface area contributed by atoms with Crippen molar-refractivity contribution in [3.05, 3.63) is 114 Å². The Morgan fingerprint density at radius 3 is 2.21 bits per heavy atom. The van der Waals surface area contributed by atoms with Gasteiger partial charge in [-0.15, -0.1) is 0 Å². The molecule has 0 radical (unpaired) electrons. The summed E-state index contributed by atoms with van der Waals surface area (Å²) in [5, 5.41) is 26.3. The standard InChI is InChI=1S/C31H30N4O6S/c1-31(2,20-21-9-8-10-23(19-21)28(32)34-29(36)41-25-11-4-3-5-12-25)35(30(37)38)24-17-15-22(16-18-24)26-13-6-7-14-27(26)42(33,39)40/h3-19H,20H2,1-2H3,(H,37,38)(H2,32,34,36)(H2,33,39,40). The Hall–Kier alpha value is -5.00. The predicted molar refractivity (Wildman–Crippen MR) is 160 cm³/mol. The number of benzene rings is 4. The number of amides is 2. The van der Waals surface area contributed by atoms with E-state index >= 15 is 0 Å². The monoisotopic (exact) mass is 586 g/mol. The largest absolute Gasteiger partial charge is 0.465 e. The van der Waals surface area contributed by atoms with Gasteiger partial charge in [0, 0.05) is 22.4 Å². The number of carbonyl (C=O) groups excluding carboxylic acids is 1. The Balaban J connectivity index is 1.52. The molecule has 4 rings (SSSR count). The highest BCUT2D eigenvalue weighted by molar-refractivity contribution is 7.89. The molecule has 0 aliphatic carbocycles. The minimum atomic E-state index is -3.96. The molecular formula is C31H30N4O6S. The smallest absolute Gasteiger partial charge is 0.418 e. The second-order valence-electron chi connectivity index (χ2n) is 10.1. The van der Waals surface area contributed by atoms with Crippen molar-refractivity contribution in [2.75, 3.05) is 4.90 Å². The van der Waals surface area contributed by atoms with E-state index in [1.54, 1.807) is 105 Å². The highest BCUT2D eigenvalue weighted by atomic mass is 32.2. The summed E-state index contributed by atoms with van der Waals surface area (Å²) in [4.78, 5) is 25.9. The van der Waals surface area contributed by atoms with Crippen LogP contribution in [-0.4, -0.2) is 37.1 Å². The molecule has 4 aromatic rings. The predicted octanol–water partition coefficient (Wildman–Crippen LogP) is 5.62. The van der Waals surface area contributed by atoms with Crippen molar-refractivity contribution in [3.8, 4) is 16.9 Å². The number of hydrogen-bond acceptors (Lipinski definition) is 6. The first kappa shape index (κ1) is 30.0. The van der Waals surface area contributed by atoms with Gasteiger partial charge >= 0.3 is 12.2 Å². The Morgan fingerprint density at radius 2 is 1.57 bits per heavy atom. The van der Waals surface area contributed by atoms with Crippen LogP contribution in [0.25, 0.3) is 11.1 Å². The fraction of sp³-hybridized carbons (Fsp3) is 0.129. The van der Waals surface area contributed by atoms with E-state index < -0.39 is 27.7 Å². The fourth-order valence-corrected chi connectivity index (χ4v) is 5.43. The first-order valence-corrected chi connectivity index (χ1v) is 14.4. The van der Waals surface area contributed by atoms with Gasteiger partial charge < -0.3 is 9.84 Å². The maximum Gasteiger partial charge on any atom is 0.418 e. The molecule has 11 heteroatoms. The zero-order chi connectivity index (χ0) is 30.5. The molecule has 0 saturated heterocycles. The zero-order valence-corrected chi connectivity index (χ0v) is 23.8. The van der Waals surface area contributed by atoms with Crippen molar-refractivity contribution >= 4 is 33.7 Å². The van der Waals surface area contributed by atoms with E-state index in [2.05, 4.69) is 5.32 Å². The van der Waals surface area contributed by atoms with Crippen LogP contribution in [0.15, 0.2) is 108 Å². The van der Waals surface area contributed by atoms with E-state index in [-0.39, 0.29) is 17.2 Å². The molecule has 42 heavy (non-hydrogen) atoms. The van der Waals surface area contributed by atoms with Gasteiger partial charge in [0.05, 0.1) is 4.90 Å². The van der Waals surface area contributed by atoms with Crippen molar-refractivity contribution < 1.29 is 27.9 Å². The van der Waals surface area contributed by atoms with Crippen LogP contribution in [-0.2, 0) is 16.4 Å². The third kappa shape index (κ3) is 7.19. The highest BCUT2D eigenvalue weighted by Gasteiger charge is 2.33. The van der Waals surface area contributed by atoms with E-state index in [4.69, 9.17) is 15.3 Å². The number of sulfonamides is 1. The molecule has 0 heterocycles. The molecule has 0 spiro atoms. The molecule has 0 aliphatic rings. The van der Waals surface area contributed by atoms with Crippen molar-refractivity contribution in [2.45, 2.75) is 30.7 Å². The summed E-state index contributed by atoms with van der Waals surface area (Å²) >= 11 is 0. The number of nitrogens with two attached hydrogens (primary N) is 1. The molecule has 2 amide bonds. The number of anilines is 1. The molecular weight excluding hydrogens is 556 g/mol. The normalized spacial score (nSPS) is 11.4. The van der Waals surface area contributed by atoms with E-state index in [1.165, 1.54) is 11.0 Å². The van der Waals surface area contributed by atoms with Gasteiger partial charge in [0.25, 0.3) is 0 Å². The second-order valence-corrected chi connectivity index (χ2v) is 11.6. The summed E-state index contributed by atoms with van der Waals surface area (Å²) in [6, 6.07) is 28.2. The number of amidine groups is 1. The lowest BCUT2D eigenvalue weighted by molar-refractivity contribution is 0.194. The Kier molecular flexibility index (Phi) is 8.74. The van der Waals surface area contributed by atoms with E-state index in [1.807, 2.05) is 6.07 Å². The Morgan fingerprint density at radius 1 is 0.929 bits per heavy atom. The summed E-state index contributed by atoms with van der Waals surface area (Å²) in [5.74, 6) is 0.176. The molecule has 0 aromatic heterocycles. The highest BCUT2D eigenvalue weighted by Crippen LogP contribution is 2.32. The van der Waals surface area contributed by atoms with Crippen LogP contribution < -0.4 is 20.1 Å². The fourth-order valence-electron chi connectivity index (χ4n) is 4.67. The summed E-state index contributed by atoms with van der Waals surface area (Å²) < 4.78 is 29.3. The van der Waals surface area contributed by atoms with Crippen LogP contribution in [0.5, 0.6) is 5.75 Å². The maximum absolute atomic E-state index is 12.5. The molecule has 0 bridgehead atoms. The minimum Gasteiger partial charge on any atom is -0.465 e. The number of carbonyl (C=O) groups is 2. The first-order valence-electron chi connectivity index (χ1n) is 12.8. The van der Waals surface area contributed by atoms with E-state index in [0.29, 0.717) is 28.1 Å². The van der Waals surface area contributed by atoms with Gasteiger partial charge in [-0.2, -0.15) is 0 Å². The summed E-state index contributed by atoms with van der Waals surface area (Å²) in [5.41, 5.74) is 1.59. The van der Waals surface area contributed by atoms with Gasteiger partial charge in [-0.05, 0) is 67.8 Å². The molecule has 0 fully saturated rings. The summed E-state index contributed by atoms with van der Waals surface area (Å²) in [7, 11) is -3.96. The van der Waals surface area contributed by atoms with Gasteiger partial charge in [0.2, 0.25) is 10.0 Å². The summed E-state index contributed by atoms with van der Waals surface area (Å²) in [6.07, 6.45) is -1.69. The lowest BCUT2D eigenvalue weighted by atomic mass is 9.91. The first-order chi connectivity index (χ1) is 19.8. The number of nitrogens with zero attached hydrogens (tertiary/aromatic N) is 1. The number of rotatable bonds is 8. The van der Waals surface area contributed by atoms with Crippen molar-refractivity contribution in [1.29, 1.82) is 5.41 Å². The third-order valence-electron chi connectivity index (χ3n) is 6.46. The number of hydrogen-bond donors (Lipinski definition) is 4. The number of nitrogens with one attached hydrogen (secondary N) is 2. The van der Waals surface area contributed by atoms with Crippen LogP contribution in [0.2, 0.25) is 0 Å². The minimum absolute atomic E-state index is 0.0264. The second kappa shape index (κ2) is 12.2. The lowest BCUT2D eigenvalue weighted by Gasteiger charge is -2.37. The maximum atomic E-state index is 12.5. The topological polar surface area (TPSA) is 163 Å². The van der Waals surface area contributed by atoms with Crippen LogP contribution in [0.1, 0.15) is 25.0 Å². The molecule has 216 valence electrons. The number of carboxylic acid groups (broad SMARTS) is 1. The van der Waals surface area contributed by atoms with Crippen molar-refractivity contribution in [1.82, 2.24) is 5.32 Å². The molecule has 5 N–H and O–H groups in total. The van der Waals surface area contributed by atoms with Crippen molar-refractivity contribution in [3.63, 3.8) is 0 Å². The summed E-state index contributed by atoms with van der Waals surface area (Å²) in [6.45, 7) is 3.55. The average Bonchev–Trinajstić information content (AvgIpc) is 2.93. The SMILES string of the molecule is CC(C)(Cc1cccc(C(=N)NC(=O)Oc2ccccc2)c1)N(C(=O)O)c1ccc(-c2ccccc2S(N)(=O)=O)cc1. The van der Waals surface area contributed by atoms with Crippen molar-refractivity contribution in [2.24, 2.45) is 5.14 Å². The molecule has 0 aliphatic heterocycles. The van der Waals surface area contributed by atoms with Gasteiger partial charge in [0.1, 0.15) is 11.6 Å². The van der Waals surface area contributed by atoms with Crippen LogP contribution in [0, 0.1) is 5.41 Å².